The second kappa shape index (κ2) is 5.79. The van der Waals surface area contributed by atoms with Crippen molar-refractivity contribution >= 4 is 11.9 Å². The standard InChI is InChI=1S/C12H18F3NO3/c1-3-4-7(2)10(17)16-5-8(11(18)19)9(6-16)12(13,14)15/h7-9H,3-6H2,1-2H3,(H,18,19)/t7?,8-,9-/m1/s1. The number of carbonyl (C=O) groups excluding carboxylic acids is 1. The van der Waals surface area contributed by atoms with Gasteiger partial charge in [-0.2, -0.15) is 13.2 Å². The molecule has 1 saturated heterocycles. The molecular weight excluding hydrogens is 263 g/mol. The number of halogens is 3. The van der Waals surface area contributed by atoms with Gasteiger partial charge in [-0.15, -0.1) is 0 Å². The summed E-state index contributed by atoms with van der Waals surface area (Å²) in [4.78, 5) is 23.9. The molecule has 1 aliphatic heterocycles. The topological polar surface area (TPSA) is 57.6 Å². The molecule has 7 heteroatoms. The van der Waals surface area contributed by atoms with Crippen LogP contribution in [-0.4, -0.2) is 41.1 Å². The monoisotopic (exact) mass is 281 g/mol. The number of carboxylic acid groups (broad SMARTS) is 1. The summed E-state index contributed by atoms with van der Waals surface area (Å²) >= 11 is 0. The first-order valence-corrected chi connectivity index (χ1v) is 6.26. The summed E-state index contributed by atoms with van der Waals surface area (Å²) in [6.07, 6.45) is -3.25. The van der Waals surface area contributed by atoms with Gasteiger partial charge < -0.3 is 10.0 Å². The van der Waals surface area contributed by atoms with E-state index in [0.29, 0.717) is 6.42 Å². The number of hydrogen-bond donors (Lipinski definition) is 1. The van der Waals surface area contributed by atoms with E-state index in [0.717, 1.165) is 11.3 Å². The highest BCUT2D eigenvalue weighted by atomic mass is 19.4. The SMILES string of the molecule is CCCC(C)C(=O)N1C[C@@H](C(F)(F)F)[C@H](C(=O)O)C1. The molecule has 4 nitrogen and oxygen atoms in total. The van der Waals surface area contributed by atoms with Gasteiger partial charge in [0.15, 0.2) is 0 Å². The normalized spacial score (nSPS) is 25.4. The summed E-state index contributed by atoms with van der Waals surface area (Å²) in [5, 5.41) is 8.85. The number of hydrogen-bond acceptors (Lipinski definition) is 2. The van der Waals surface area contributed by atoms with E-state index in [2.05, 4.69) is 0 Å². The Morgan fingerprint density at radius 1 is 1.37 bits per heavy atom. The van der Waals surface area contributed by atoms with Gasteiger partial charge in [-0.1, -0.05) is 20.3 Å². The zero-order chi connectivity index (χ0) is 14.8. The molecule has 0 saturated carbocycles. The zero-order valence-corrected chi connectivity index (χ0v) is 10.9. The maximum Gasteiger partial charge on any atom is 0.394 e. The highest BCUT2D eigenvalue weighted by molar-refractivity contribution is 5.80. The lowest BCUT2D eigenvalue weighted by Gasteiger charge is -2.21. The molecule has 1 rings (SSSR count). The molecule has 19 heavy (non-hydrogen) atoms. The number of alkyl halides is 3. The van der Waals surface area contributed by atoms with Gasteiger partial charge in [0.1, 0.15) is 0 Å². The van der Waals surface area contributed by atoms with Crippen molar-refractivity contribution in [3.05, 3.63) is 0 Å². The summed E-state index contributed by atoms with van der Waals surface area (Å²) in [5.74, 6) is -5.78. The first-order valence-electron chi connectivity index (χ1n) is 6.26. The van der Waals surface area contributed by atoms with Crippen LogP contribution in [-0.2, 0) is 9.59 Å². The average molecular weight is 281 g/mol. The Morgan fingerprint density at radius 3 is 2.32 bits per heavy atom. The van der Waals surface area contributed by atoms with Crippen molar-refractivity contribution in [2.75, 3.05) is 13.1 Å². The van der Waals surface area contributed by atoms with Crippen molar-refractivity contribution in [3.8, 4) is 0 Å². The van der Waals surface area contributed by atoms with E-state index in [1.54, 1.807) is 6.92 Å². The number of carboxylic acids is 1. The molecule has 0 spiro atoms. The molecule has 0 aromatic carbocycles. The number of amides is 1. The predicted octanol–water partition coefficient (Wildman–Crippen LogP) is 2.14. The average Bonchev–Trinajstić information content (AvgIpc) is 2.72. The zero-order valence-electron chi connectivity index (χ0n) is 10.9. The quantitative estimate of drug-likeness (QED) is 0.859. The smallest absolute Gasteiger partial charge is 0.394 e. The van der Waals surface area contributed by atoms with Crippen molar-refractivity contribution < 1.29 is 27.9 Å². The van der Waals surface area contributed by atoms with Gasteiger partial charge in [-0.3, -0.25) is 9.59 Å². The molecule has 0 aliphatic carbocycles. The van der Waals surface area contributed by atoms with Gasteiger partial charge in [0.25, 0.3) is 0 Å². The number of aliphatic carboxylic acids is 1. The van der Waals surface area contributed by atoms with Crippen LogP contribution < -0.4 is 0 Å². The van der Waals surface area contributed by atoms with Crippen molar-refractivity contribution in [3.63, 3.8) is 0 Å². The third-order valence-electron chi connectivity index (χ3n) is 3.51. The first-order chi connectivity index (χ1) is 8.68. The largest absolute Gasteiger partial charge is 0.481 e. The lowest BCUT2D eigenvalue weighted by Crippen LogP contribution is -2.35. The molecule has 1 amide bonds. The lowest BCUT2D eigenvalue weighted by molar-refractivity contribution is -0.188. The van der Waals surface area contributed by atoms with E-state index in [1.807, 2.05) is 6.92 Å². The van der Waals surface area contributed by atoms with Gasteiger partial charge >= 0.3 is 12.1 Å². The fourth-order valence-electron chi connectivity index (χ4n) is 2.43. The van der Waals surface area contributed by atoms with E-state index in [-0.39, 0.29) is 18.4 Å². The summed E-state index contributed by atoms with van der Waals surface area (Å²) in [6.45, 7) is 2.63. The Hall–Kier alpha value is -1.27. The van der Waals surface area contributed by atoms with E-state index in [1.165, 1.54) is 0 Å². The van der Waals surface area contributed by atoms with Crippen molar-refractivity contribution in [2.45, 2.75) is 32.9 Å². The Labute approximate surface area is 109 Å². The maximum atomic E-state index is 12.8. The maximum absolute atomic E-state index is 12.8. The number of rotatable bonds is 4. The van der Waals surface area contributed by atoms with Crippen LogP contribution in [0.4, 0.5) is 13.2 Å². The summed E-state index contributed by atoms with van der Waals surface area (Å²) < 4.78 is 38.3. The fourth-order valence-corrected chi connectivity index (χ4v) is 2.43. The third-order valence-corrected chi connectivity index (χ3v) is 3.51. The Bertz CT molecular complexity index is 357. The summed E-state index contributed by atoms with van der Waals surface area (Å²) in [5.41, 5.74) is 0. The predicted molar refractivity (Wildman–Crippen MR) is 61.3 cm³/mol. The Balaban J connectivity index is 2.81. The summed E-state index contributed by atoms with van der Waals surface area (Å²) in [6, 6.07) is 0. The molecule has 110 valence electrons. The second-order valence-corrected chi connectivity index (χ2v) is 5.03. The first kappa shape index (κ1) is 15.8. The Kier molecular flexibility index (Phi) is 4.81. The second-order valence-electron chi connectivity index (χ2n) is 5.03. The Morgan fingerprint density at radius 2 is 1.95 bits per heavy atom. The van der Waals surface area contributed by atoms with Gasteiger partial charge in [0.2, 0.25) is 5.91 Å². The minimum Gasteiger partial charge on any atom is -0.481 e. The van der Waals surface area contributed by atoms with E-state index < -0.39 is 30.5 Å². The van der Waals surface area contributed by atoms with E-state index >= 15 is 0 Å². The highest BCUT2D eigenvalue weighted by Gasteiger charge is 2.53. The minimum atomic E-state index is -4.59. The molecule has 1 N–H and O–H groups in total. The molecule has 1 fully saturated rings. The number of nitrogens with zero attached hydrogens (tertiary/aromatic N) is 1. The van der Waals surface area contributed by atoms with Crippen LogP contribution >= 0.6 is 0 Å². The molecule has 0 aromatic heterocycles. The molecule has 0 radical (unpaired) electrons. The third kappa shape index (κ3) is 3.61. The lowest BCUT2D eigenvalue weighted by atomic mass is 9.96. The van der Waals surface area contributed by atoms with Crippen LogP contribution in [0.5, 0.6) is 0 Å². The number of likely N-dealkylation sites (tertiary alicyclic amines) is 1. The molecule has 1 unspecified atom stereocenters. The van der Waals surface area contributed by atoms with Gasteiger partial charge in [-0.25, -0.2) is 0 Å². The molecule has 1 aliphatic rings. The fraction of sp³-hybridized carbons (Fsp3) is 0.833. The molecular formula is C12H18F3NO3. The molecule has 0 bridgehead atoms. The van der Waals surface area contributed by atoms with Crippen LogP contribution in [0.1, 0.15) is 26.7 Å². The van der Waals surface area contributed by atoms with Crippen LogP contribution in [0, 0.1) is 17.8 Å². The highest BCUT2D eigenvalue weighted by Crippen LogP contribution is 2.38. The van der Waals surface area contributed by atoms with Crippen molar-refractivity contribution in [1.82, 2.24) is 4.90 Å². The van der Waals surface area contributed by atoms with Gasteiger partial charge in [-0.05, 0) is 6.42 Å². The van der Waals surface area contributed by atoms with Gasteiger partial charge in [0.05, 0.1) is 11.8 Å². The molecule has 0 aromatic rings. The van der Waals surface area contributed by atoms with E-state index in [9.17, 15) is 22.8 Å². The number of carbonyl (C=O) groups is 2. The molecule has 1 heterocycles. The van der Waals surface area contributed by atoms with Crippen LogP contribution in [0.15, 0.2) is 0 Å². The van der Waals surface area contributed by atoms with Crippen LogP contribution in [0.25, 0.3) is 0 Å². The van der Waals surface area contributed by atoms with Crippen molar-refractivity contribution in [1.29, 1.82) is 0 Å². The van der Waals surface area contributed by atoms with Crippen LogP contribution in [0.2, 0.25) is 0 Å². The van der Waals surface area contributed by atoms with Crippen molar-refractivity contribution in [2.24, 2.45) is 17.8 Å². The van der Waals surface area contributed by atoms with Crippen LogP contribution in [0.3, 0.4) is 0 Å². The molecule has 3 atom stereocenters. The summed E-state index contributed by atoms with van der Waals surface area (Å²) in [7, 11) is 0. The minimum absolute atomic E-state index is 0.355. The van der Waals surface area contributed by atoms with Gasteiger partial charge in [0, 0.05) is 19.0 Å². The van der Waals surface area contributed by atoms with E-state index in [4.69, 9.17) is 5.11 Å².